The molecule has 3 heterocycles. The molecule has 3 aliphatic heterocycles. The maximum absolute atomic E-state index is 12.2. The molecule has 3 saturated heterocycles. The second-order valence-corrected chi connectivity index (χ2v) is 21.6. The minimum absolute atomic E-state index is 0.0829. The topological polar surface area (TPSA) is 234 Å². The van der Waals surface area contributed by atoms with Gasteiger partial charge in [0.1, 0.15) is 36.6 Å². The standard InChI is InChI=1S/C43H70O15/c1-20(45)54-32-28(48)22(47)18-53-36(32)57-26-10-12-43-19-42(43)14-13-39(6)33(41(8)11-9-27(58-41)38(4,5)52)21(46)16-40(39,7)25(42)15-23(34(43)37(26,2)3)55-35-31(51)30(50)29(49)24(17-44)56-35/h21-36,44,46-52H,9-19H2,1-8H3/t21-,22+,23+,24+,25+,26+,27-,28-,29+,30+,31-,32-,33+,34-,35+,36-,39-,40+,41-,42+,43-/m0/s1. The average molecular weight is 827 g/mol. The Morgan fingerprint density at radius 3 is 2.14 bits per heavy atom. The Bertz CT molecular complexity index is 1570. The molecule has 15 heteroatoms. The van der Waals surface area contributed by atoms with Crippen LogP contribution in [0, 0.1) is 44.8 Å². The number of carbonyl (C=O) groups is 1. The predicted octanol–water partition coefficient (Wildman–Crippen LogP) is 1.29. The summed E-state index contributed by atoms with van der Waals surface area (Å²) >= 11 is 0. The quantitative estimate of drug-likeness (QED) is 0.127. The van der Waals surface area contributed by atoms with Gasteiger partial charge in [0.15, 0.2) is 18.7 Å². The van der Waals surface area contributed by atoms with Gasteiger partial charge in [-0.15, -0.1) is 0 Å². The van der Waals surface area contributed by atoms with Gasteiger partial charge in [-0.1, -0.05) is 27.7 Å². The summed E-state index contributed by atoms with van der Waals surface area (Å²) in [6, 6.07) is 0. The Labute approximate surface area is 341 Å². The van der Waals surface area contributed by atoms with Crippen molar-refractivity contribution in [1.82, 2.24) is 0 Å². The summed E-state index contributed by atoms with van der Waals surface area (Å²) in [7, 11) is 0. The number of ether oxygens (including phenoxy) is 6. The lowest BCUT2D eigenvalue weighted by molar-refractivity contribution is -0.339. The van der Waals surface area contributed by atoms with Gasteiger partial charge in [0.25, 0.3) is 0 Å². The van der Waals surface area contributed by atoms with Crippen LogP contribution in [0.1, 0.15) is 113 Å². The molecular formula is C43H70O15. The molecule has 0 amide bonds. The van der Waals surface area contributed by atoms with Crippen molar-refractivity contribution in [3.05, 3.63) is 0 Å². The molecule has 0 unspecified atom stereocenters. The molecule has 5 aliphatic carbocycles. The highest BCUT2D eigenvalue weighted by Gasteiger charge is 2.85. The number of aliphatic hydroxyl groups is 8. The van der Waals surface area contributed by atoms with E-state index in [2.05, 4.69) is 34.6 Å². The number of fused-ring (bicyclic) bond motifs is 2. The van der Waals surface area contributed by atoms with Crippen LogP contribution < -0.4 is 0 Å². The minimum Gasteiger partial charge on any atom is -0.454 e. The van der Waals surface area contributed by atoms with Crippen LogP contribution in [0.3, 0.4) is 0 Å². The lowest BCUT2D eigenvalue weighted by atomic mass is 9.41. The zero-order chi connectivity index (χ0) is 42.3. The lowest BCUT2D eigenvalue weighted by Crippen LogP contribution is -2.65. The molecule has 8 fully saturated rings. The van der Waals surface area contributed by atoms with Gasteiger partial charge in [0.05, 0.1) is 48.8 Å². The first-order chi connectivity index (χ1) is 26.9. The predicted molar refractivity (Wildman–Crippen MR) is 203 cm³/mol. The normalized spacial score (nSPS) is 56.1. The molecule has 5 saturated carbocycles. The van der Waals surface area contributed by atoms with Gasteiger partial charge in [-0.3, -0.25) is 4.79 Å². The first kappa shape index (κ1) is 43.6. The van der Waals surface area contributed by atoms with Crippen molar-refractivity contribution in [1.29, 1.82) is 0 Å². The van der Waals surface area contributed by atoms with E-state index in [1.807, 2.05) is 0 Å². The molecule has 21 atom stereocenters. The highest BCUT2D eigenvalue weighted by Crippen LogP contribution is 2.89. The minimum atomic E-state index is -1.62. The van der Waals surface area contributed by atoms with Crippen molar-refractivity contribution in [3.8, 4) is 0 Å². The molecule has 8 N–H and O–H groups in total. The molecule has 15 nitrogen and oxygen atoms in total. The van der Waals surface area contributed by atoms with Gasteiger partial charge in [-0.2, -0.15) is 0 Å². The Morgan fingerprint density at radius 2 is 1.50 bits per heavy atom. The van der Waals surface area contributed by atoms with Crippen molar-refractivity contribution >= 4 is 5.97 Å². The molecule has 8 rings (SSSR count). The van der Waals surface area contributed by atoms with E-state index in [9.17, 15) is 45.6 Å². The van der Waals surface area contributed by atoms with Gasteiger partial charge in [0.2, 0.25) is 0 Å². The highest BCUT2D eigenvalue weighted by atomic mass is 16.7. The number of carbonyl (C=O) groups excluding carboxylic acids is 1. The number of rotatable bonds is 8. The molecule has 0 bridgehead atoms. The van der Waals surface area contributed by atoms with E-state index < -0.39 is 103 Å². The largest absolute Gasteiger partial charge is 0.454 e. The average Bonchev–Trinajstić information content (AvgIpc) is 3.50. The van der Waals surface area contributed by atoms with Crippen molar-refractivity contribution in [2.75, 3.05) is 13.2 Å². The maximum atomic E-state index is 12.2. The summed E-state index contributed by atoms with van der Waals surface area (Å²) in [6.07, 6.45) is -7.66. The Balaban J connectivity index is 1.15. The van der Waals surface area contributed by atoms with E-state index in [0.29, 0.717) is 25.7 Å². The summed E-state index contributed by atoms with van der Waals surface area (Å²) in [6.45, 7) is 15.0. The number of esters is 1. The molecule has 332 valence electrons. The zero-order valence-electron chi connectivity index (χ0n) is 35.5. The molecule has 0 aromatic rings. The van der Waals surface area contributed by atoms with Crippen LogP contribution in [0.5, 0.6) is 0 Å². The van der Waals surface area contributed by atoms with Crippen LogP contribution in [-0.2, 0) is 33.2 Å². The number of aliphatic hydroxyl groups excluding tert-OH is 7. The Kier molecular flexibility index (Phi) is 10.7. The van der Waals surface area contributed by atoms with Gasteiger partial charge in [0, 0.05) is 12.8 Å². The van der Waals surface area contributed by atoms with E-state index in [4.69, 9.17) is 28.4 Å². The third-order valence-electron chi connectivity index (χ3n) is 17.9. The smallest absolute Gasteiger partial charge is 0.303 e. The molecule has 0 aromatic heterocycles. The molecule has 0 aromatic carbocycles. The van der Waals surface area contributed by atoms with Crippen LogP contribution in [0.25, 0.3) is 0 Å². The van der Waals surface area contributed by atoms with Gasteiger partial charge < -0.3 is 69.3 Å². The van der Waals surface area contributed by atoms with Crippen molar-refractivity contribution in [3.63, 3.8) is 0 Å². The fraction of sp³-hybridized carbons (Fsp3) is 0.977. The molecule has 0 radical (unpaired) electrons. The SMILES string of the molecule is CC(=O)O[C@@H]1[C@H](O[C@@H]2CC[C@@]34C[C@@]35CC[C@@]3(C)[C@H]([C@]6(C)CC[C@@H](C(C)(C)O)O6)[C@@H](O)C[C@]3(C)[C@H]5C[C@@H](O[C@@H]3O[C@H](CO)[C@@H](O)[C@@H](O)[C@@H]3O)[C@H]4C2(C)C)OC[C@@H](O)[C@@H]1O. The van der Waals surface area contributed by atoms with Crippen LogP contribution in [-0.4, -0.2) is 151 Å². The number of hydrogen-bond acceptors (Lipinski definition) is 15. The monoisotopic (exact) mass is 826 g/mol. The first-order valence-electron chi connectivity index (χ1n) is 21.8. The molecule has 58 heavy (non-hydrogen) atoms. The zero-order valence-corrected chi connectivity index (χ0v) is 35.5. The number of hydrogen-bond donors (Lipinski definition) is 8. The van der Waals surface area contributed by atoms with Crippen LogP contribution in [0.2, 0.25) is 0 Å². The summed E-state index contributed by atoms with van der Waals surface area (Å²) < 4.78 is 37.8. The maximum Gasteiger partial charge on any atom is 0.303 e. The van der Waals surface area contributed by atoms with Gasteiger partial charge in [-0.05, 0) is 117 Å². The summed E-state index contributed by atoms with van der Waals surface area (Å²) in [5.41, 5.74) is -3.32. The molecular weight excluding hydrogens is 756 g/mol. The van der Waals surface area contributed by atoms with E-state index >= 15 is 0 Å². The van der Waals surface area contributed by atoms with Gasteiger partial charge >= 0.3 is 5.97 Å². The third kappa shape index (κ3) is 6.17. The summed E-state index contributed by atoms with van der Waals surface area (Å²) in [4.78, 5) is 12.1. The first-order valence-corrected chi connectivity index (χ1v) is 21.8. The van der Waals surface area contributed by atoms with E-state index in [1.54, 1.807) is 13.8 Å². The fourth-order valence-corrected chi connectivity index (χ4v) is 15.2. The summed E-state index contributed by atoms with van der Waals surface area (Å²) in [5, 5.41) is 87.3. The third-order valence-corrected chi connectivity index (χ3v) is 17.9. The van der Waals surface area contributed by atoms with Crippen molar-refractivity contribution < 1.29 is 74.1 Å². The highest BCUT2D eigenvalue weighted by molar-refractivity contribution is 5.66. The van der Waals surface area contributed by atoms with E-state index in [1.165, 1.54) is 6.92 Å². The Morgan fingerprint density at radius 1 is 0.793 bits per heavy atom. The molecule has 2 spiro atoms. The van der Waals surface area contributed by atoms with Crippen LogP contribution >= 0.6 is 0 Å². The second-order valence-electron chi connectivity index (χ2n) is 21.6. The lowest BCUT2D eigenvalue weighted by Gasteiger charge is -2.65. The fourth-order valence-electron chi connectivity index (χ4n) is 15.2. The second kappa shape index (κ2) is 14.2. The molecule has 8 aliphatic rings. The Hall–Kier alpha value is -1.05. The van der Waals surface area contributed by atoms with E-state index in [-0.39, 0.29) is 52.1 Å². The van der Waals surface area contributed by atoms with Crippen molar-refractivity contribution in [2.24, 2.45) is 44.8 Å². The van der Waals surface area contributed by atoms with Crippen LogP contribution in [0.4, 0.5) is 0 Å². The summed E-state index contributed by atoms with van der Waals surface area (Å²) in [5.74, 6) is -0.931. The van der Waals surface area contributed by atoms with Crippen LogP contribution in [0.15, 0.2) is 0 Å². The van der Waals surface area contributed by atoms with E-state index in [0.717, 1.165) is 32.1 Å². The van der Waals surface area contributed by atoms with Crippen molar-refractivity contribution in [2.45, 2.75) is 204 Å². The van der Waals surface area contributed by atoms with Gasteiger partial charge in [-0.25, -0.2) is 0 Å².